The van der Waals surface area contributed by atoms with Crippen LogP contribution in [0, 0.1) is 5.82 Å². The summed E-state index contributed by atoms with van der Waals surface area (Å²) in [6.07, 6.45) is 1.09. The third kappa shape index (κ3) is 5.91. The first-order valence-corrected chi connectivity index (χ1v) is 11.8. The van der Waals surface area contributed by atoms with Crippen LogP contribution >= 0.6 is 0 Å². The van der Waals surface area contributed by atoms with Gasteiger partial charge in [-0.05, 0) is 35.2 Å². The first kappa shape index (κ1) is 25.2. The maximum absolute atomic E-state index is 13.6. The molecule has 0 amide bonds. The fourth-order valence-electron chi connectivity index (χ4n) is 2.92. The largest absolute Gasteiger partial charge is 0.493 e. The summed E-state index contributed by atoms with van der Waals surface area (Å²) in [7, 11) is -2.74. The van der Waals surface area contributed by atoms with Crippen molar-refractivity contribution in [2.24, 2.45) is 0 Å². The van der Waals surface area contributed by atoms with Gasteiger partial charge >= 0.3 is 0 Å². The number of anilines is 1. The molecule has 2 N–H and O–H groups in total. The summed E-state index contributed by atoms with van der Waals surface area (Å²) in [5.41, 5.74) is 0.830. The minimum Gasteiger partial charge on any atom is -0.493 e. The lowest BCUT2D eigenvalue weighted by Gasteiger charge is -2.19. The van der Waals surface area contributed by atoms with E-state index < -0.39 is 15.8 Å². The topological polar surface area (TPSA) is 120 Å². The summed E-state index contributed by atoms with van der Waals surface area (Å²) in [5.74, 6) is -0.947. The SMILES string of the molecule is COc1cc(F)ccc1Oc1c(NS(=O)(=O)c2ccc(C(C)(C)C)cc2)ncnc1OCCO. The number of halogens is 1. The van der Waals surface area contributed by atoms with Crippen LogP contribution in [0.3, 0.4) is 0 Å². The van der Waals surface area contributed by atoms with Crippen LogP contribution in [0.4, 0.5) is 10.2 Å². The van der Waals surface area contributed by atoms with Gasteiger partial charge in [-0.3, -0.25) is 4.72 Å². The van der Waals surface area contributed by atoms with E-state index in [2.05, 4.69) is 14.7 Å². The van der Waals surface area contributed by atoms with Gasteiger partial charge in [0.05, 0.1) is 18.6 Å². The Morgan fingerprint density at radius 1 is 1.06 bits per heavy atom. The summed E-state index contributed by atoms with van der Waals surface area (Å²) in [6.45, 7) is 5.63. The van der Waals surface area contributed by atoms with Crippen molar-refractivity contribution in [1.29, 1.82) is 0 Å². The molecule has 0 unspecified atom stereocenters. The summed E-state index contributed by atoms with van der Waals surface area (Å²) < 4.78 is 58.5. The molecule has 3 rings (SSSR count). The molecule has 0 aliphatic rings. The van der Waals surface area contributed by atoms with Crippen LogP contribution < -0.4 is 18.9 Å². The molecule has 0 aliphatic carbocycles. The maximum Gasteiger partial charge on any atom is 0.263 e. The Morgan fingerprint density at radius 3 is 2.38 bits per heavy atom. The normalized spacial score (nSPS) is 11.7. The van der Waals surface area contributed by atoms with Crippen molar-refractivity contribution in [3.05, 3.63) is 60.2 Å². The monoisotopic (exact) mass is 491 g/mol. The average molecular weight is 492 g/mol. The number of aromatic nitrogens is 2. The molecule has 0 atom stereocenters. The molecule has 34 heavy (non-hydrogen) atoms. The number of hydrogen-bond acceptors (Lipinski definition) is 8. The van der Waals surface area contributed by atoms with E-state index in [0.717, 1.165) is 24.0 Å². The highest BCUT2D eigenvalue weighted by molar-refractivity contribution is 7.92. The molecule has 0 fully saturated rings. The molecule has 0 aliphatic heterocycles. The smallest absolute Gasteiger partial charge is 0.263 e. The molecule has 3 aromatic rings. The van der Waals surface area contributed by atoms with Crippen molar-refractivity contribution in [2.45, 2.75) is 31.1 Å². The molecule has 1 heterocycles. The second-order valence-electron chi connectivity index (χ2n) is 8.21. The number of aliphatic hydroxyl groups excluding tert-OH is 1. The molecule has 9 nitrogen and oxygen atoms in total. The Morgan fingerprint density at radius 2 is 1.76 bits per heavy atom. The summed E-state index contributed by atoms with van der Waals surface area (Å²) >= 11 is 0. The maximum atomic E-state index is 13.6. The lowest BCUT2D eigenvalue weighted by molar-refractivity contribution is 0.192. The zero-order valence-corrected chi connectivity index (χ0v) is 20.0. The van der Waals surface area contributed by atoms with Crippen LogP contribution in [0.25, 0.3) is 0 Å². The van der Waals surface area contributed by atoms with Crippen LogP contribution in [-0.4, -0.2) is 43.8 Å². The Hall–Kier alpha value is -3.44. The third-order valence-corrected chi connectivity index (χ3v) is 6.06. The zero-order chi connectivity index (χ0) is 24.9. The Balaban J connectivity index is 2.01. The van der Waals surface area contributed by atoms with Gasteiger partial charge in [0.2, 0.25) is 5.75 Å². The van der Waals surface area contributed by atoms with Crippen molar-refractivity contribution in [2.75, 3.05) is 25.0 Å². The van der Waals surface area contributed by atoms with Gasteiger partial charge in [0, 0.05) is 6.07 Å². The lowest BCUT2D eigenvalue weighted by Crippen LogP contribution is -2.16. The quantitative estimate of drug-likeness (QED) is 0.463. The number of hydrogen-bond donors (Lipinski definition) is 2. The Bertz CT molecular complexity index is 1240. The number of methoxy groups -OCH3 is 1. The molecular weight excluding hydrogens is 465 g/mol. The van der Waals surface area contributed by atoms with Crippen LogP contribution in [0.2, 0.25) is 0 Å². The van der Waals surface area contributed by atoms with Gasteiger partial charge in [-0.15, -0.1) is 0 Å². The number of benzene rings is 2. The lowest BCUT2D eigenvalue weighted by atomic mass is 9.87. The van der Waals surface area contributed by atoms with Crippen LogP contribution in [0.15, 0.2) is 53.7 Å². The average Bonchev–Trinajstić information content (AvgIpc) is 2.79. The first-order chi connectivity index (χ1) is 16.0. The van der Waals surface area contributed by atoms with Gasteiger partial charge in [0.1, 0.15) is 18.8 Å². The van der Waals surface area contributed by atoms with Crippen molar-refractivity contribution >= 4 is 15.8 Å². The molecule has 11 heteroatoms. The van der Waals surface area contributed by atoms with Crippen molar-refractivity contribution in [3.63, 3.8) is 0 Å². The van der Waals surface area contributed by atoms with Crippen molar-refractivity contribution in [1.82, 2.24) is 9.97 Å². The minimum absolute atomic E-state index is 0.0160. The Labute approximate surface area is 197 Å². The van der Waals surface area contributed by atoms with E-state index in [-0.39, 0.29) is 52.5 Å². The fourth-order valence-corrected chi connectivity index (χ4v) is 3.94. The predicted molar refractivity (Wildman–Crippen MR) is 124 cm³/mol. The van der Waals surface area contributed by atoms with E-state index in [0.29, 0.717) is 0 Å². The highest BCUT2D eigenvalue weighted by Gasteiger charge is 2.24. The molecule has 0 bridgehead atoms. The standard InChI is InChI=1S/C23H26FN3O6S/c1-23(2,3)15-5-8-17(9-6-15)34(29,30)27-21-20(22(26-14-25-21)32-12-11-28)33-18-10-7-16(24)13-19(18)31-4/h5-10,13-14,28H,11-12H2,1-4H3,(H,25,26,27). The predicted octanol–water partition coefficient (Wildman–Crippen LogP) is 3.89. The molecule has 0 spiro atoms. The highest BCUT2D eigenvalue weighted by Crippen LogP contribution is 2.40. The summed E-state index contributed by atoms with van der Waals surface area (Å²) in [4.78, 5) is 7.98. The van der Waals surface area contributed by atoms with Crippen LogP contribution in [-0.2, 0) is 15.4 Å². The number of nitrogens with zero attached hydrogens (tertiary/aromatic N) is 2. The van der Waals surface area contributed by atoms with Gasteiger partial charge in [-0.1, -0.05) is 32.9 Å². The number of ether oxygens (including phenoxy) is 3. The van der Waals surface area contributed by atoms with E-state index in [1.807, 2.05) is 20.8 Å². The zero-order valence-electron chi connectivity index (χ0n) is 19.2. The van der Waals surface area contributed by atoms with E-state index in [4.69, 9.17) is 19.3 Å². The van der Waals surface area contributed by atoms with Gasteiger partial charge in [0.15, 0.2) is 17.3 Å². The summed E-state index contributed by atoms with van der Waals surface area (Å²) in [6, 6.07) is 10.0. The van der Waals surface area contributed by atoms with E-state index in [1.54, 1.807) is 12.1 Å². The fraction of sp³-hybridized carbons (Fsp3) is 0.304. The molecular formula is C23H26FN3O6S. The molecule has 0 saturated carbocycles. The molecule has 0 radical (unpaired) electrons. The van der Waals surface area contributed by atoms with Crippen LogP contribution in [0.5, 0.6) is 23.1 Å². The van der Waals surface area contributed by atoms with E-state index in [9.17, 15) is 12.8 Å². The van der Waals surface area contributed by atoms with Crippen molar-refractivity contribution in [3.8, 4) is 23.1 Å². The first-order valence-electron chi connectivity index (χ1n) is 10.3. The number of nitrogens with one attached hydrogen (secondary N) is 1. The summed E-state index contributed by atoms with van der Waals surface area (Å²) in [5, 5.41) is 9.12. The van der Waals surface area contributed by atoms with Crippen LogP contribution in [0.1, 0.15) is 26.3 Å². The van der Waals surface area contributed by atoms with E-state index >= 15 is 0 Å². The van der Waals surface area contributed by atoms with Gasteiger partial charge in [-0.25, -0.2) is 17.8 Å². The number of aliphatic hydroxyl groups is 1. The highest BCUT2D eigenvalue weighted by atomic mass is 32.2. The molecule has 2 aromatic carbocycles. The van der Waals surface area contributed by atoms with Gasteiger partial charge in [-0.2, -0.15) is 4.98 Å². The van der Waals surface area contributed by atoms with E-state index in [1.165, 1.54) is 25.3 Å². The number of rotatable bonds is 9. The minimum atomic E-state index is -4.07. The van der Waals surface area contributed by atoms with Crippen molar-refractivity contribution < 1.29 is 32.1 Å². The van der Waals surface area contributed by atoms with Gasteiger partial charge in [0.25, 0.3) is 15.9 Å². The second kappa shape index (κ2) is 10.2. The molecule has 0 saturated heterocycles. The number of sulfonamides is 1. The molecule has 182 valence electrons. The Kier molecular flexibility index (Phi) is 7.57. The van der Waals surface area contributed by atoms with Gasteiger partial charge < -0.3 is 19.3 Å². The third-order valence-electron chi connectivity index (χ3n) is 4.70. The molecule has 1 aromatic heterocycles. The second-order valence-corrected chi connectivity index (χ2v) is 9.89.